The number of hydrogen-bond acceptors (Lipinski definition) is 0. The molecule has 0 radical (unpaired) electrons. The second-order valence-electron chi connectivity index (χ2n) is 3.78. The third-order valence-corrected chi connectivity index (χ3v) is 3.02. The van der Waals surface area contributed by atoms with E-state index in [2.05, 4.69) is 0 Å². The van der Waals surface area contributed by atoms with Crippen molar-refractivity contribution in [3.63, 3.8) is 0 Å². The molecule has 0 saturated heterocycles. The van der Waals surface area contributed by atoms with Gasteiger partial charge in [-0.2, -0.15) is 17.6 Å². The maximum atomic E-state index is 13.4. The van der Waals surface area contributed by atoms with Crippen LogP contribution in [0.2, 0.25) is 0 Å². The predicted molar refractivity (Wildman–Crippen MR) is 49.0 cm³/mol. The number of rotatable bonds is 0. The molecule has 0 N–H and O–H groups in total. The summed E-state index contributed by atoms with van der Waals surface area (Å²) in [7, 11) is 0. The van der Waals surface area contributed by atoms with E-state index < -0.39 is 57.1 Å². The van der Waals surface area contributed by atoms with Crippen molar-refractivity contribution in [2.75, 3.05) is 0 Å². The Hall–Kier alpha value is -1.38. The average Bonchev–Trinajstić information content (AvgIpc) is 2.36. The molecule has 0 aliphatic heterocycles. The van der Waals surface area contributed by atoms with Crippen LogP contribution in [-0.2, 0) is 5.92 Å². The molecule has 110 valence electrons. The molecular weight excluding hydrogens is 327 g/mol. The zero-order valence-electron chi connectivity index (χ0n) is 8.78. The summed E-state index contributed by atoms with van der Waals surface area (Å²) in [5.41, 5.74) is -4.51. The quantitative estimate of drug-likeness (QED) is 0.363. The summed E-state index contributed by atoms with van der Waals surface area (Å²) in [6.07, 6.45) is 0. The Morgan fingerprint density at radius 2 is 1.10 bits per heavy atom. The Kier molecular flexibility index (Phi) is 3.05. The van der Waals surface area contributed by atoms with Crippen molar-refractivity contribution in [1.82, 2.24) is 0 Å². The SMILES string of the molecule is FC1=C(Cl)c2c(F)c(F)c(F)c(F)c2C(F)(F)C1(F)F. The second kappa shape index (κ2) is 4.06. The Balaban J connectivity index is 3.06. The molecule has 0 bridgehead atoms. The summed E-state index contributed by atoms with van der Waals surface area (Å²) in [5.74, 6) is -24.8. The highest BCUT2D eigenvalue weighted by Gasteiger charge is 2.67. The largest absolute Gasteiger partial charge is 0.366 e. The Labute approximate surface area is 109 Å². The van der Waals surface area contributed by atoms with E-state index in [-0.39, 0.29) is 0 Å². The van der Waals surface area contributed by atoms with E-state index >= 15 is 0 Å². The number of alkyl halides is 4. The first-order valence-electron chi connectivity index (χ1n) is 4.64. The molecule has 1 aromatic carbocycles. The zero-order valence-corrected chi connectivity index (χ0v) is 9.54. The van der Waals surface area contributed by atoms with Crippen LogP contribution in [0.25, 0.3) is 5.03 Å². The minimum atomic E-state index is -5.65. The summed E-state index contributed by atoms with van der Waals surface area (Å²) in [6, 6.07) is 0. The van der Waals surface area contributed by atoms with Crippen molar-refractivity contribution in [3.8, 4) is 0 Å². The van der Waals surface area contributed by atoms with Gasteiger partial charge in [-0.25, -0.2) is 22.0 Å². The minimum absolute atomic E-state index is 1.95. The lowest BCUT2D eigenvalue weighted by Crippen LogP contribution is -2.43. The van der Waals surface area contributed by atoms with Crippen LogP contribution < -0.4 is 0 Å². The predicted octanol–water partition coefficient (Wildman–Crippen LogP) is 4.86. The van der Waals surface area contributed by atoms with E-state index in [4.69, 9.17) is 11.6 Å². The highest BCUT2D eigenvalue weighted by atomic mass is 35.5. The molecular formula is C10ClF9. The normalized spacial score (nSPS) is 20.1. The Morgan fingerprint density at radius 3 is 1.60 bits per heavy atom. The summed E-state index contributed by atoms with van der Waals surface area (Å²) < 4.78 is 118. The first-order valence-corrected chi connectivity index (χ1v) is 5.02. The van der Waals surface area contributed by atoms with Gasteiger partial charge in [0.2, 0.25) is 0 Å². The molecule has 0 aromatic heterocycles. The third-order valence-electron chi connectivity index (χ3n) is 2.66. The van der Waals surface area contributed by atoms with Crippen LogP contribution in [0.15, 0.2) is 5.83 Å². The molecule has 1 aromatic rings. The first-order chi connectivity index (χ1) is 8.96. The van der Waals surface area contributed by atoms with Gasteiger partial charge in [0.25, 0.3) is 0 Å². The monoisotopic (exact) mass is 326 g/mol. The number of allylic oxidation sites excluding steroid dienone is 1. The molecule has 1 aliphatic rings. The molecule has 0 nitrogen and oxygen atoms in total. The lowest BCUT2D eigenvalue weighted by atomic mass is 9.89. The topological polar surface area (TPSA) is 0 Å². The maximum Gasteiger partial charge on any atom is 0.366 e. The van der Waals surface area contributed by atoms with E-state index in [1.807, 2.05) is 0 Å². The van der Waals surface area contributed by atoms with Crippen LogP contribution in [0.1, 0.15) is 11.1 Å². The third kappa shape index (κ3) is 1.52. The van der Waals surface area contributed by atoms with Gasteiger partial charge < -0.3 is 0 Å². The number of benzene rings is 1. The van der Waals surface area contributed by atoms with Gasteiger partial charge >= 0.3 is 11.8 Å². The molecule has 0 unspecified atom stereocenters. The van der Waals surface area contributed by atoms with Crippen LogP contribution in [0, 0.1) is 23.3 Å². The molecule has 10 heteroatoms. The lowest BCUT2D eigenvalue weighted by Gasteiger charge is -2.32. The van der Waals surface area contributed by atoms with E-state index in [1.54, 1.807) is 0 Å². The fraction of sp³-hybridized carbons (Fsp3) is 0.200. The summed E-state index contributed by atoms with van der Waals surface area (Å²) in [6.45, 7) is 0. The lowest BCUT2D eigenvalue weighted by molar-refractivity contribution is -0.205. The molecule has 0 heterocycles. The molecule has 1 aliphatic carbocycles. The highest BCUT2D eigenvalue weighted by Crippen LogP contribution is 2.57. The number of hydrogen-bond donors (Lipinski definition) is 0. The second-order valence-corrected chi connectivity index (χ2v) is 4.16. The van der Waals surface area contributed by atoms with E-state index in [1.165, 1.54) is 0 Å². The fourth-order valence-electron chi connectivity index (χ4n) is 1.68. The van der Waals surface area contributed by atoms with Crippen molar-refractivity contribution < 1.29 is 39.5 Å². The van der Waals surface area contributed by atoms with Crippen LogP contribution in [0.5, 0.6) is 0 Å². The average molecular weight is 327 g/mol. The van der Waals surface area contributed by atoms with Crippen molar-refractivity contribution in [1.29, 1.82) is 0 Å². The van der Waals surface area contributed by atoms with Gasteiger partial charge in [0, 0.05) is 5.56 Å². The molecule has 0 amide bonds. The van der Waals surface area contributed by atoms with Crippen molar-refractivity contribution in [3.05, 3.63) is 40.2 Å². The Morgan fingerprint density at radius 1 is 0.650 bits per heavy atom. The summed E-state index contributed by atoms with van der Waals surface area (Å²) >= 11 is 4.91. The summed E-state index contributed by atoms with van der Waals surface area (Å²) in [5, 5.41) is -1.95. The van der Waals surface area contributed by atoms with Gasteiger partial charge in [-0.15, -0.1) is 0 Å². The van der Waals surface area contributed by atoms with E-state index in [0.29, 0.717) is 0 Å². The fourth-order valence-corrected chi connectivity index (χ4v) is 1.97. The molecule has 0 spiro atoms. The summed E-state index contributed by atoms with van der Waals surface area (Å²) in [4.78, 5) is 0. The molecule has 0 atom stereocenters. The van der Waals surface area contributed by atoms with Crippen LogP contribution in [0.3, 0.4) is 0 Å². The van der Waals surface area contributed by atoms with Crippen LogP contribution in [-0.4, -0.2) is 5.92 Å². The van der Waals surface area contributed by atoms with E-state index in [9.17, 15) is 39.5 Å². The van der Waals surface area contributed by atoms with Gasteiger partial charge in [0.15, 0.2) is 29.1 Å². The van der Waals surface area contributed by atoms with Gasteiger partial charge in [0.05, 0.1) is 10.6 Å². The first kappa shape index (κ1) is 15.0. The van der Waals surface area contributed by atoms with Crippen LogP contribution in [0.4, 0.5) is 39.5 Å². The van der Waals surface area contributed by atoms with Crippen molar-refractivity contribution >= 4 is 16.6 Å². The number of fused-ring (bicyclic) bond motifs is 1. The number of halogens is 10. The van der Waals surface area contributed by atoms with E-state index in [0.717, 1.165) is 0 Å². The van der Waals surface area contributed by atoms with Crippen molar-refractivity contribution in [2.45, 2.75) is 11.8 Å². The van der Waals surface area contributed by atoms with Gasteiger partial charge in [-0.3, -0.25) is 0 Å². The minimum Gasteiger partial charge on any atom is -0.203 e. The van der Waals surface area contributed by atoms with Gasteiger partial charge in [-0.05, 0) is 0 Å². The Bertz CT molecular complexity index is 647. The van der Waals surface area contributed by atoms with Crippen molar-refractivity contribution in [2.24, 2.45) is 0 Å². The maximum absolute atomic E-state index is 13.4. The highest BCUT2D eigenvalue weighted by molar-refractivity contribution is 6.49. The van der Waals surface area contributed by atoms with Gasteiger partial charge in [0.1, 0.15) is 0 Å². The molecule has 0 saturated carbocycles. The standard InChI is InChI=1S/C10ClF9/c11-3-1-2(5(13)7(15)6(14)4(1)12)9(17,18)10(19,20)8(3)16. The molecule has 0 fully saturated rings. The molecule has 20 heavy (non-hydrogen) atoms. The van der Waals surface area contributed by atoms with Gasteiger partial charge in [-0.1, -0.05) is 11.6 Å². The zero-order chi connectivity index (χ0) is 15.6. The molecule has 2 rings (SSSR count). The van der Waals surface area contributed by atoms with Crippen LogP contribution >= 0.6 is 11.6 Å². The smallest absolute Gasteiger partial charge is 0.203 e.